The number of nitrogens with two attached hydrogens (primary N) is 1. The van der Waals surface area contributed by atoms with Gasteiger partial charge in [-0.05, 0) is 42.5 Å². The SMILES string of the molecule is Nc1ccc(C(=O)O)c(Nc2ccc(OC(F)F)cc2)c1. The zero-order chi connectivity index (χ0) is 15.4. The van der Waals surface area contributed by atoms with Crippen LogP contribution in [-0.2, 0) is 0 Å². The molecule has 0 amide bonds. The van der Waals surface area contributed by atoms with Crippen molar-refractivity contribution in [3.05, 3.63) is 48.0 Å². The Morgan fingerprint density at radius 1 is 1.19 bits per heavy atom. The molecule has 2 aromatic carbocycles. The molecule has 0 bridgehead atoms. The normalized spacial score (nSPS) is 10.4. The Kier molecular flexibility index (Phi) is 4.22. The Balaban J connectivity index is 2.22. The van der Waals surface area contributed by atoms with Crippen LogP contribution in [0.15, 0.2) is 42.5 Å². The summed E-state index contributed by atoms with van der Waals surface area (Å²) in [4.78, 5) is 11.1. The molecule has 0 atom stereocenters. The number of carbonyl (C=O) groups is 1. The summed E-state index contributed by atoms with van der Waals surface area (Å²) in [5.41, 5.74) is 6.91. The highest BCUT2D eigenvalue weighted by atomic mass is 19.3. The minimum Gasteiger partial charge on any atom is -0.478 e. The van der Waals surface area contributed by atoms with Crippen molar-refractivity contribution in [2.75, 3.05) is 11.1 Å². The second-order valence-corrected chi connectivity index (χ2v) is 4.14. The number of hydrogen-bond donors (Lipinski definition) is 3. The quantitative estimate of drug-likeness (QED) is 0.737. The van der Waals surface area contributed by atoms with E-state index in [-0.39, 0.29) is 11.3 Å². The van der Waals surface area contributed by atoms with Crippen molar-refractivity contribution in [2.45, 2.75) is 6.61 Å². The first-order valence-corrected chi connectivity index (χ1v) is 5.90. The first-order chi connectivity index (χ1) is 9.95. The molecule has 0 saturated carbocycles. The van der Waals surface area contributed by atoms with Crippen molar-refractivity contribution >= 4 is 23.0 Å². The number of rotatable bonds is 5. The van der Waals surface area contributed by atoms with E-state index >= 15 is 0 Å². The topological polar surface area (TPSA) is 84.6 Å². The van der Waals surface area contributed by atoms with Gasteiger partial charge >= 0.3 is 12.6 Å². The van der Waals surface area contributed by atoms with E-state index in [0.29, 0.717) is 17.1 Å². The van der Waals surface area contributed by atoms with E-state index in [2.05, 4.69) is 10.1 Å². The summed E-state index contributed by atoms with van der Waals surface area (Å²) < 4.78 is 28.3. The molecule has 21 heavy (non-hydrogen) atoms. The Bertz CT molecular complexity index is 645. The van der Waals surface area contributed by atoms with E-state index in [0.717, 1.165) is 0 Å². The van der Waals surface area contributed by atoms with Crippen LogP contribution in [0.25, 0.3) is 0 Å². The van der Waals surface area contributed by atoms with Crippen LogP contribution in [0, 0.1) is 0 Å². The number of carboxylic acid groups (broad SMARTS) is 1. The molecule has 0 radical (unpaired) electrons. The fourth-order valence-electron chi connectivity index (χ4n) is 1.73. The summed E-state index contributed by atoms with van der Waals surface area (Å²) in [6, 6.07) is 10.0. The molecule has 0 spiro atoms. The van der Waals surface area contributed by atoms with Gasteiger partial charge in [0.05, 0.1) is 11.3 Å². The maximum absolute atomic E-state index is 12.0. The third-order valence-electron chi connectivity index (χ3n) is 2.63. The van der Waals surface area contributed by atoms with Crippen molar-refractivity contribution in [3.63, 3.8) is 0 Å². The number of hydrogen-bond acceptors (Lipinski definition) is 4. The number of ether oxygens (including phenoxy) is 1. The highest BCUT2D eigenvalue weighted by Crippen LogP contribution is 2.25. The van der Waals surface area contributed by atoms with Crippen LogP contribution < -0.4 is 15.8 Å². The van der Waals surface area contributed by atoms with Gasteiger partial charge in [-0.3, -0.25) is 0 Å². The van der Waals surface area contributed by atoms with E-state index in [4.69, 9.17) is 10.8 Å². The zero-order valence-electron chi connectivity index (χ0n) is 10.7. The maximum atomic E-state index is 12.0. The number of alkyl halides is 2. The standard InChI is InChI=1S/C14H12F2N2O3/c15-14(16)21-10-4-2-9(3-5-10)18-12-7-8(17)1-6-11(12)13(19)20/h1-7,14,18H,17H2,(H,19,20). The highest BCUT2D eigenvalue weighted by molar-refractivity contribution is 5.96. The van der Waals surface area contributed by atoms with Gasteiger partial charge in [0.2, 0.25) is 0 Å². The lowest BCUT2D eigenvalue weighted by Gasteiger charge is -2.11. The van der Waals surface area contributed by atoms with Crippen molar-refractivity contribution in [1.29, 1.82) is 0 Å². The first-order valence-electron chi connectivity index (χ1n) is 5.90. The Labute approximate surface area is 119 Å². The van der Waals surface area contributed by atoms with Gasteiger partial charge in [0, 0.05) is 11.4 Å². The lowest BCUT2D eigenvalue weighted by atomic mass is 10.1. The molecule has 0 heterocycles. The molecule has 7 heteroatoms. The molecule has 0 aromatic heterocycles. The van der Waals surface area contributed by atoms with E-state index in [1.807, 2.05) is 0 Å². The molecular formula is C14H12F2N2O3. The predicted octanol–water partition coefficient (Wildman–Crippen LogP) is 3.31. The third kappa shape index (κ3) is 3.82. The van der Waals surface area contributed by atoms with Crippen molar-refractivity contribution < 1.29 is 23.4 Å². The van der Waals surface area contributed by atoms with Crippen LogP contribution in [0.1, 0.15) is 10.4 Å². The van der Waals surface area contributed by atoms with Gasteiger partial charge in [0.1, 0.15) is 5.75 Å². The van der Waals surface area contributed by atoms with E-state index < -0.39 is 12.6 Å². The van der Waals surface area contributed by atoms with Crippen LogP contribution in [0.4, 0.5) is 25.8 Å². The average molecular weight is 294 g/mol. The second-order valence-electron chi connectivity index (χ2n) is 4.14. The first kappa shape index (κ1) is 14.6. The largest absolute Gasteiger partial charge is 0.478 e. The lowest BCUT2D eigenvalue weighted by Crippen LogP contribution is -2.04. The van der Waals surface area contributed by atoms with E-state index in [1.165, 1.54) is 42.5 Å². The molecule has 0 aliphatic carbocycles. The fraction of sp³-hybridized carbons (Fsp3) is 0.0714. The summed E-state index contributed by atoms with van der Waals surface area (Å²) in [5.74, 6) is -1.09. The molecular weight excluding hydrogens is 282 g/mol. The molecule has 4 N–H and O–H groups in total. The van der Waals surface area contributed by atoms with E-state index in [1.54, 1.807) is 0 Å². The predicted molar refractivity (Wildman–Crippen MR) is 74.2 cm³/mol. The molecule has 0 saturated heterocycles. The molecule has 0 aliphatic heterocycles. The number of nitrogens with one attached hydrogen (secondary N) is 1. The Morgan fingerprint density at radius 2 is 1.86 bits per heavy atom. The Morgan fingerprint density at radius 3 is 2.43 bits per heavy atom. The zero-order valence-corrected chi connectivity index (χ0v) is 10.7. The van der Waals surface area contributed by atoms with Gasteiger partial charge in [-0.25, -0.2) is 4.79 Å². The number of benzene rings is 2. The van der Waals surface area contributed by atoms with Gasteiger partial charge < -0.3 is 20.9 Å². The van der Waals surface area contributed by atoms with Gasteiger partial charge in [-0.2, -0.15) is 8.78 Å². The van der Waals surface area contributed by atoms with Crippen LogP contribution in [0.2, 0.25) is 0 Å². The molecule has 0 unspecified atom stereocenters. The molecule has 0 aliphatic rings. The van der Waals surface area contributed by atoms with Crippen LogP contribution in [0.5, 0.6) is 5.75 Å². The minimum atomic E-state index is -2.89. The summed E-state index contributed by atoms with van der Waals surface area (Å²) in [6.07, 6.45) is 0. The third-order valence-corrected chi connectivity index (χ3v) is 2.63. The molecule has 2 rings (SSSR count). The van der Waals surface area contributed by atoms with Gasteiger partial charge in [0.25, 0.3) is 0 Å². The number of carboxylic acids is 1. The Hall–Kier alpha value is -2.83. The summed E-state index contributed by atoms with van der Waals surface area (Å²) in [6.45, 7) is -2.89. The molecule has 110 valence electrons. The summed E-state index contributed by atoms with van der Waals surface area (Å²) in [5, 5.41) is 12.0. The van der Waals surface area contributed by atoms with Crippen molar-refractivity contribution in [2.24, 2.45) is 0 Å². The second kappa shape index (κ2) is 6.08. The van der Waals surface area contributed by atoms with Crippen LogP contribution in [0.3, 0.4) is 0 Å². The summed E-state index contributed by atoms with van der Waals surface area (Å²) >= 11 is 0. The molecule has 0 fully saturated rings. The van der Waals surface area contributed by atoms with Crippen molar-refractivity contribution in [1.82, 2.24) is 0 Å². The average Bonchev–Trinajstić information content (AvgIpc) is 2.40. The number of nitrogen functional groups attached to an aromatic ring is 1. The van der Waals surface area contributed by atoms with Gasteiger partial charge in [-0.1, -0.05) is 0 Å². The number of aromatic carboxylic acids is 1. The monoisotopic (exact) mass is 294 g/mol. The number of anilines is 3. The molecule has 2 aromatic rings. The smallest absolute Gasteiger partial charge is 0.387 e. The maximum Gasteiger partial charge on any atom is 0.387 e. The lowest BCUT2D eigenvalue weighted by molar-refractivity contribution is -0.0498. The van der Waals surface area contributed by atoms with Gasteiger partial charge in [0.15, 0.2) is 0 Å². The van der Waals surface area contributed by atoms with Gasteiger partial charge in [-0.15, -0.1) is 0 Å². The van der Waals surface area contributed by atoms with Crippen LogP contribution in [-0.4, -0.2) is 17.7 Å². The van der Waals surface area contributed by atoms with Crippen molar-refractivity contribution in [3.8, 4) is 5.75 Å². The minimum absolute atomic E-state index is 0.0154. The fourth-order valence-corrected chi connectivity index (χ4v) is 1.73. The summed E-state index contributed by atoms with van der Waals surface area (Å²) in [7, 11) is 0. The van der Waals surface area contributed by atoms with Crippen LogP contribution >= 0.6 is 0 Å². The molecule has 5 nitrogen and oxygen atoms in total. The van der Waals surface area contributed by atoms with E-state index in [9.17, 15) is 13.6 Å². The number of halogens is 2. The highest BCUT2D eigenvalue weighted by Gasteiger charge is 2.11.